The molecule has 0 radical (unpaired) electrons. The van der Waals surface area contributed by atoms with Crippen LogP contribution in [0.25, 0.3) is 0 Å². The van der Waals surface area contributed by atoms with E-state index in [2.05, 4.69) is 10.3 Å². The third-order valence-corrected chi connectivity index (χ3v) is 2.84. The van der Waals surface area contributed by atoms with Crippen LogP contribution in [0.4, 0.5) is 0 Å². The Morgan fingerprint density at radius 3 is 2.73 bits per heavy atom. The summed E-state index contributed by atoms with van der Waals surface area (Å²) >= 11 is 0. The predicted molar refractivity (Wildman–Crippen MR) is 56.9 cm³/mol. The maximum Gasteiger partial charge on any atom is 0.328 e. The van der Waals surface area contributed by atoms with Crippen LogP contribution in [0.15, 0.2) is 21.9 Å². The van der Waals surface area contributed by atoms with Gasteiger partial charge in [-0.1, -0.05) is 0 Å². The van der Waals surface area contributed by atoms with Gasteiger partial charge in [0.1, 0.15) is 0 Å². The summed E-state index contributed by atoms with van der Waals surface area (Å²) in [5, 5.41) is 3.26. The van der Waals surface area contributed by atoms with Crippen molar-refractivity contribution in [3.8, 4) is 0 Å². The van der Waals surface area contributed by atoms with Crippen molar-refractivity contribution in [2.24, 2.45) is 5.92 Å². The lowest BCUT2D eigenvalue weighted by molar-refractivity contribution is 0.325. The van der Waals surface area contributed by atoms with Gasteiger partial charge in [-0.3, -0.25) is 9.36 Å². The number of nitrogens with one attached hydrogen (secondary N) is 2. The first kappa shape index (κ1) is 10.2. The van der Waals surface area contributed by atoms with Gasteiger partial charge >= 0.3 is 5.69 Å². The van der Waals surface area contributed by atoms with E-state index in [0.717, 1.165) is 25.9 Å². The van der Waals surface area contributed by atoms with Crippen LogP contribution >= 0.6 is 0 Å². The number of H-pyrrole nitrogens is 1. The van der Waals surface area contributed by atoms with Gasteiger partial charge in [0, 0.05) is 18.8 Å². The fourth-order valence-corrected chi connectivity index (χ4v) is 1.95. The van der Waals surface area contributed by atoms with Gasteiger partial charge in [0.2, 0.25) is 0 Å². The number of aromatic nitrogens is 2. The Balaban J connectivity index is 2.16. The number of rotatable bonds is 2. The summed E-state index contributed by atoms with van der Waals surface area (Å²) in [5.74, 6) is 0.437. The van der Waals surface area contributed by atoms with Gasteiger partial charge < -0.3 is 10.3 Å². The first-order valence-corrected chi connectivity index (χ1v) is 5.26. The van der Waals surface area contributed by atoms with Crippen molar-refractivity contribution in [3.63, 3.8) is 0 Å². The second-order valence-corrected chi connectivity index (χ2v) is 3.93. The number of hydrogen-bond donors (Lipinski definition) is 2. The van der Waals surface area contributed by atoms with Crippen LogP contribution in [-0.4, -0.2) is 22.6 Å². The summed E-state index contributed by atoms with van der Waals surface area (Å²) in [4.78, 5) is 25.4. The van der Waals surface area contributed by atoms with Crippen LogP contribution < -0.4 is 16.6 Å². The van der Waals surface area contributed by atoms with Crippen LogP contribution in [0.1, 0.15) is 12.8 Å². The van der Waals surface area contributed by atoms with Gasteiger partial charge in [-0.15, -0.1) is 0 Å². The number of hydrogen-bond acceptors (Lipinski definition) is 3. The highest BCUT2D eigenvalue weighted by atomic mass is 16.2. The van der Waals surface area contributed by atoms with Gasteiger partial charge in [-0.25, -0.2) is 4.79 Å². The number of aromatic amines is 1. The molecule has 5 nitrogen and oxygen atoms in total. The van der Waals surface area contributed by atoms with E-state index in [1.165, 1.54) is 16.8 Å². The molecule has 0 aliphatic carbocycles. The Bertz CT molecular complexity index is 401. The van der Waals surface area contributed by atoms with Crippen LogP contribution in [0.2, 0.25) is 0 Å². The Hall–Kier alpha value is -1.36. The van der Waals surface area contributed by atoms with Crippen molar-refractivity contribution in [2.75, 3.05) is 13.1 Å². The Labute approximate surface area is 87.1 Å². The summed E-state index contributed by atoms with van der Waals surface area (Å²) < 4.78 is 1.29. The highest BCUT2D eigenvalue weighted by molar-refractivity contribution is 4.84. The van der Waals surface area contributed by atoms with Crippen molar-refractivity contribution < 1.29 is 0 Å². The van der Waals surface area contributed by atoms with Gasteiger partial charge in [0.05, 0.1) is 0 Å². The Morgan fingerprint density at radius 1 is 1.33 bits per heavy atom. The summed E-state index contributed by atoms with van der Waals surface area (Å²) in [7, 11) is 0. The first-order valence-electron chi connectivity index (χ1n) is 5.26. The molecular formula is C10H15N3O2. The standard InChI is InChI=1S/C10H15N3O2/c14-9-3-6-12-10(15)13(9)7-8-1-4-11-5-2-8/h3,6,8,11H,1-2,4-5,7H2,(H,12,15). The minimum Gasteiger partial charge on any atom is -0.317 e. The fourth-order valence-electron chi connectivity index (χ4n) is 1.95. The molecule has 1 aliphatic heterocycles. The molecule has 2 N–H and O–H groups in total. The minimum absolute atomic E-state index is 0.211. The average Bonchev–Trinajstić information content (AvgIpc) is 2.25. The lowest BCUT2D eigenvalue weighted by Gasteiger charge is -2.22. The zero-order valence-electron chi connectivity index (χ0n) is 8.53. The smallest absolute Gasteiger partial charge is 0.317 e. The molecule has 0 aromatic carbocycles. The first-order chi connectivity index (χ1) is 7.27. The van der Waals surface area contributed by atoms with Gasteiger partial charge in [0.25, 0.3) is 5.56 Å². The Kier molecular flexibility index (Phi) is 3.01. The predicted octanol–water partition coefficient (Wildman–Crippen LogP) is -0.464. The summed E-state index contributed by atoms with van der Waals surface area (Å²) in [6.45, 7) is 2.49. The molecule has 5 heteroatoms. The SMILES string of the molecule is O=c1cc[nH]c(=O)n1CC1CCNCC1. The molecule has 1 fully saturated rings. The molecule has 1 saturated heterocycles. The fraction of sp³-hybridized carbons (Fsp3) is 0.600. The molecule has 0 saturated carbocycles. The largest absolute Gasteiger partial charge is 0.328 e. The van der Waals surface area contributed by atoms with Crippen LogP contribution in [0.3, 0.4) is 0 Å². The molecule has 82 valence electrons. The van der Waals surface area contributed by atoms with Crippen molar-refractivity contribution in [3.05, 3.63) is 33.1 Å². The van der Waals surface area contributed by atoms with Crippen molar-refractivity contribution in [2.45, 2.75) is 19.4 Å². The Morgan fingerprint density at radius 2 is 2.07 bits per heavy atom. The van der Waals surface area contributed by atoms with E-state index in [4.69, 9.17) is 0 Å². The molecule has 1 aromatic rings. The molecule has 1 aliphatic rings. The zero-order chi connectivity index (χ0) is 10.7. The zero-order valence-corrected chi connectivity index (χ0v) is 8.53. The van der Waals surface area contributed by atoms with E-state index in [9.17, 15) is 9.59 Å². The third-order valence-electron chi connectivity index (χ3n) is 2.84. The van der Waals surface area contributed by atoms with E-state index in [0.29, 0.717) is 12.5 Å². The molecule has 0 unspecified atom stereocenters. The topological polar surface area (TPSA) is 66.9 Å². The molecule has 0 bridgehead atoms. The van der Waals surface area contributed by atoms with Crippen molar-refractivity contribution in [1.29, 1.82) is 0 Å². The van der Waals surface area contributed by atoms with E-state index in [-0.39, 0.29) is 11.2 Å². The van der Waals surface area contributed by atoms with Crippen LogP contribution in [-0.2, 0) is 6.54 Å². The molecule has 0 spiro atoms. The monoisotopic (exact) mass is 209 g/mol. The third kappa shape index (κ3) is 2.36. The second-order valence-electron chi connectivity index (χ2n) is 3.93. The number of nitrogens with zero attached hydrogens (tertiary/aromatic N) is 1. The highest BCUT2D eigenvalue weighted by Crippen LogP contribution is 2.12. The average molecular weight is 209 g/mol. The summed E-state index contributed by atoms with van der Waals surface area (Å²) in [6.07, 6.45) is 3.45. The lowest BCUT2D eigenvalue weighted by atomic mass is 9.98. The van der Waals surface area contributed by atoms with E-state index >= 15 is 0 Å². The number of piperidine rings is 1. The normalized spacial score (nSPS) is 17.9. The summed E-state index contributed by atoms with van der Waals surface area (Å²) in [5.41, 5.74) is -0.515. The van der Waals surface area contributed by atoms with Gasteiger partial charge in [-0.05, 0) is 31.8 Å². The second kappa shape index (κ2) is 4.44. The quantitative estimate of drug-likeness (QED) is 0.692. The highest BCUT2D eigenvalue weighted by Gasteiger charge is 2.14. The van der Waals surface area contributed by atoms with Crippen molar-refractivity contribution in [1.82, 2.24) is 14.9 Å². The minimum atomic E-state index is -0.305. The van der Waals surface area contributed by atoms with E-state index in [1.807, 2.05) is 0 Å². The van der Waals surface area contributed by atoms with Crippen LogP contribution in [0.5, 0.6) is 0 Å². The maximum atomic E-state index is 11.4. The van der Waals surface area contributed by atoms with E-state index in [1.54, 1.807) is 0 Å². The molecule has 15 heavy (non-hydrogen) atoms. The van der Waals surface area contributed by atoms with Crippen LogP contribution in [0, 0.1) is 5.92 Å². The van der Waals surface area contributed by atoms with E-state index < -0.39 is 0 Å². The molecule has 2 heterocycles. The lowest BCUT2D eigenvalue weighted by Crippen LogP contribution is -2.38. The van der Waals surface area contributed by atoms with Gasteiger partial charge in [-0.2, -0.15) is 0 Å². The molecular weight excluding hydrogens is 194 g/mol. The maximum absolute atomic E-state index is 11.4. The molecule has 0 atom stereocenters. The molecule has 2 rings (SSSR count). The molecule has 0 amide bonds. The molecule has 1 aromatic heterocycles. The van der Waals surface area contributed by atoms with Gasteiger partial charge in [0.15, 0.2) is 0 Å². The summed E-state index contributed by atoms with van der Waals surface area (Å²) in [6, 6.07) is 1.39. The van der Waals surface area contributed by atoms with Crippen molar-refractivity contribution >= 4 is 0 Å².